The third-order valence-electron chi connectivity index (χ3n) is 5.13. The lowest BCUT2D eigenvalue weighted by molar-refractivity contribution is 0.0483. The number of hydrogen-bond acceptors (Lipinski definition) is 6. The van der Waals surface area contributed by atoms with Gasteiger partial charge in [0, 0.05) is 49.7 Å². The smallest absolute Gasteiger partial charge is 0.268 e. The first kappa shape index (κ1) is 18.1. The third-order valence-corrected chi connectivity index (χ3v) is 5.99. The van der Waals surface area contributed by atoms with Crippen molar-refractivity contribution < 1.29 is 14.3 Å². The fourth-order valence-electron chi connectivity index (χ4n) is 3.84. The minimum absolute atomic E-state index is 0.0230. The van der Waals surface area contributed by atoms with Crippen LogP contribution in [0.1, 0.15) is 25.7 Å². The summed E-state index contributed by atoms with van der Waals surface area (Å²) < 4.78 is 6.03. The Balaban J connectivity index is 1.46. The van der Waals surface area contributed by atoms with Gasteiger partial charge in [0.1, 0.15) is 5.69 Å². The SMILES string of the molecule is NC(=O)c1ncccc1C(=O)N1C[C@@H]2CN(Cc3cccs3)CCO[C@@H]2C1. The molecule has 2 aromatic rings. The number of ether oxygens (including phenoxy) is 1. The molecule has 7 nitrogen and oxygen atoms in total. The van der Waals surface area contributed by atoms with E-state index in [1.165, 1.54) is 11.1 Å². The molecule has 2 aliphatic rings. The van der Waals surface area contributed by atoms with Gasteiger partial charge in [0.15, 0.2) is 0 Å². The predicted octanol–water partition coefficient (Wildman–Crippen LogP) is 1.21. The van der Waals surface area contributed by atoms with E-state index in [9.17, 15) is 9.59 Å². The highest BCUT2D eigenvalue weighted by atomic mass is 32.1. The van der Waals surface area contributed by atoms with Crippen molar-refractivity contribution in [2.75, 3.05) is 32.8 Å². The third kappa shape index (κ3) is 3.87. The summed E-state index contributed by atoms with van der Waals surface area (Å²) in [5.74, 6) is -0.644. The van der Waals surface area contributed by atoms with Crippen molar-refractivity contribution in [2.45, 2.75) is 12.6 Å². The van der Waals surface area contributed by atoms with E-state index in [-0.39, 0.29) is 29.2 Å². The molecule has 2 fully saturated rings. The first-order valence-corrected chi connectivity index (χ1v) is 9.90. The first-order valence-electron chi connectivity index (χ1n) is 9.02. The maximum absolute atomic E-state index is 13.0. The van der Waals surface area contributed by atoms with Crippen LogP contribution in [0.15, 0.2) is 35.8 Å². The molecule has 2 aliphatic heterocycles. The molecule has 0 aromatic carbocycles. The second kappa shape index (κ2) is 7.75. The number of carbonyl (C=O) groups excluding carboxylic acids is 2. The van der Waals surface area contributed by atoms with Crippen LogP contribution in [0.4, 0.5) is 0 Å². The van der Waals surface area contributed by atoms with E-state index >= 15 is 0 Å². The van der Waals surface area contributed by atoms with Crippen molar-refractivity contribution >= 4 is 23.2 Å². The number of amides is 2. The van der Waals surface area contributed by atoms with Gasteiger partial charge in [-0.3, -0.25) is 19.5 Å². The van der Waals surface area contributed by atoms with Gasteiger partial charge >= 0.3 is 0 Å². The summed E-state index contributed by atoms with van der Waals surface area (Å²) in [6.45, 7) is 4.50. The standard InChI is InChI=1S/C19H22N4O3S/c20-18(24)17-15(4-1-5-21-17)19(25)23-10-13-9-22(6-7-26-16(13)12-23)11-14-3-2-8-27-14/h1-5,8,13,16H,6-7,9-12H2,(H2,20,24)/t13-,16+/m0/s1. The number of pyridine rings is 1. The molecule has 0 bridgehead atoms. The van der Waals surface area contributed by atoms with Gasteiger partial charge in [-0.1, -0.05) is 6.07 Å². The van der Waals surface area contributed by atoms with Gasteiger partial charge in [-0.25, -0.2) is 0 Å². The van der Waals surface area contributed by atoms with Crippen molar-refractivity contribution in [3.05, 3.63) is 52.0 Å². The molecule has 142 valence electrons. The van der Waals surface area contributed by atoms with Gasteiger partial charge < -0.3 is 15.4 Å². The van der Waals surface area contributed by atoms with Crippen LogP contribution in [0.2, 0.25) is 0 Å². The number of fused-ring (bicyclic) bond motifs is 1. The molecule has 2 aromatic heterocycles. The lowest BCUT2D eigenvalue weighted by Gasteiger charge is -2.23. The molecule has 8 heteroatoms. The van der Waals surface area contributed by atoms with E-state index in [2.05, 4.69) is 27.4 Å². The fraction of sp³-hybridized carbons (Fsp3) is 0.421. The molecule has 0 radical (unpaired) electrons. The van der Waals surface area contributed by atoms with E-state index in [0.29, 0.717) is 19.7 Å². The number of nitrogens with two attached hydrogens (primary N) is 1. The van der Waals surface area contributed by atoms with Gasteiger partial charge in [-0.15, -0.1) is 11.3 Å². The van der Waals surface area contributed by atoms with Gasteiger partial charge in [-0.05, 0) is 23.6 Å². The monoisotopic (exact) mass is 386 g/mol. The van der Waals surface area contributed by atoms with Crippen LogP contribution in [-0.2, 0) is 11.3 Å². The highest BCUT2D eigenvalue weighted by molar-refractivity contribution is 7.09. The van der Waals surface area contributed by atoms with Gasteiger partial charge in [0.05, 0.1) is 18.3 Å². The Labute approximate surface area is 161 Å². The molecular weight excluding hydrogens is 364 g/mol. The van der Waals surface area contributed by atoms with E-state index in [4.69, 9.17) is 10.5 Å². The van der Waals surface area contributed by atoms with Crippen molar-refractivity contribution in [3.8, 4) is 0 Å². The molecule has 2 saturated heterocycles. The predicted molar refractivity (Wildman–Crippen MR) is 101 cm³/mol. The Morgan fingerprint density at radius 1 is 1.26 bits per heavy atom. The number of rotatable bonds is 4. The summed E-state index contributed by atoms with van der Waals surface area (Å²) in [6.07, 6.45) is 1.49. The maximum Gasteiger partial charge on any atom is 0.268 e. The molecule has 2 amide bonds. The Hall–Kier alpha value is -2.29. The normalized spacial score (nSPS) is 23.0. The van der Waals surface area contributed by atoms with E-state index < -0.39 is 5.91 Å². The Bertz CT molecular complexity index is 826. The molecule has 2 atom stereocenters. The van der Waals surface area contributed by atoms with Crippen LogP contribution in [-0.4, -0.2) is 65.5 Å². The number of primary amides is 1. The number of nitrogens with zero attached hydrogens (tertiary/aromatic N) is 3. The van der Waals surface area contributed by atoms with E-state index in [1.54, 1.807) is 28.4 Å². The van der Waals surface area contributed by atoms with Crippen molar-refractivity contribution in [1.82, 2.24) is 14.8 Å². The maximum atomic E-state index is 13.0. The number of carbonyl (C=O) groups is 2. The van der Waals surface area contributed by atoms with Crippen molar-refractivity contribution in [3.63, 3.8) is 0 Å². The van der Waals surface area contributed by atoms with Crippen molar-refractivity contribution in [1.29, 1.82) is 0 Å². The zero-order valence-electron chi connectivity index (χ0n) is 14.9. The molecule has 4 rings (SSSR count). The minimum atomic E-state index is -0.689. The quantitative estimate of drug-likeness (QED) is 0.853. The Kier molecular flexibility index (Phi) is 5.20. The second-order valence-electron chi connectivity index (χ2n) is 6.96. The van der Waals surface area contributed by atoms with E-state index in [1.807, 2.05) is 0 Å². The number of thiophene rings is 1. The zero-order valence-corrected chi connectivity index (χ0v) is 15.7. The number of aromatic nitrogens is 1. The molecule has 0 aliphatic carbocycles. The van der Waals surface area contributed by atoms with Gasteiger partial charge in [-0.2, -0.15) is 0 Å². The van der Waals surface area contributed by atoms with Crippen LogP contribution in [0.3, 0.4) is 0 Å². The van der Waals surface area contributed by atoms with E-state index in [0.717, 1.165) is 19.6 Å². The second-order valence-corrected chi connectivity index (χ2v) is 7.99. The molecule has 0 spiro atoms. The minimum Gasteiger partial charge on any atom is -0.375 e. The summed E-state index contributed by atoms with van der Waals surface area (Å²) in [5, 5.41) is 2.09. The average Bonchev–Trinajstić information content (AvgIpc) is 3.27. The molecule has 0 saturated carbocycles. The van der Waals surface area contributed by atoms with Crippen LogP contribution >= 0.6 is 11.3 Å². The van der Waals surface area contributed by atoms with Gasteiger partial charge in [0.2, 0.25) is 0 Å². The molecule has 4 heterocycles. The zero-order chi connectivity index (χ0) is 18.8. The Morgan fingerprint density at radius 3 is 2.93 bits per heavy atom. The Morgan fingerprint density at radius 2 is 2.15 bits per heavy atom. The largest absolute Gasteiger partial charge is 0.375 e. The molecule has 0 unspecified atom stereocenters. The summed E-state index contributed by atoms with van der Waals surface area (Å²) in [6, 6.07) is 7.46. The van der Waals surface area contributed by atoms with Crippen LogP contribution in [0, 0.1) is 5.92 Å². The molecule has 2 N–H and O–H groups in total. The van der Waals surface area contributed by atoms with Gasteiger partial charge in [0.25, 0.3) is 11.8 Å². The fourth-order valence-corrected chi connectivity index (χ4v) is 4.58. The lowest BCUT2D eigenvalue weighted by Crippen LogP contribution is -2.34. The summed E-state index contributed by atoms with van der Waals surface area (Å²) in [7, 11) is 0. The summed E-state index contributed by atoms with van der Waals surface area (Å²) in [4.78, 5) is 34.0. The van der Waals surface area contributed by atoms with Crippen LogP contribution in [0.5, 0.6) is 0 Å². The van der Waals surface area contributed by atoms with Crippen molar-refractivity contribution in [2.24, 2.45) is 11.7 Å². The average molecular weight is 386 g/mol. The first-order chi connectivity index (χ1) is 13.1. The highest BCUT2D eigenvalue weighted by Gasteiger charge is 2.39. The number of hydrogen-bond donors (Lipinski definition) is 1. The number of likely N-dealkylation sites (tertiary alicyclic amines) is 1. The highest BCUT2D eigenvalue weighted by Crippen LogP contribution is 2.26. The summed E-state index contributed by atoms with van der Waals surface area (Å²) in [5.41, 5.74) is 5.65. The molecule has 27 heavy (non-hydrogen) atoms. The molecular formula is C19H22N4O3S. The van der Waals surface area contributed by atoms with Crippen LogP contribution < -0.4 is 5.73 Å². The van der Waals surface area contributed by atoms with Crippen LogP contribution in [0.25, 0.3) is 0 Å². The lowest BCUT2D eigenvalue weighted by atomic mass is 10.1. The summed E-state index contributed by atoms with van der Waals surface area (Å²) >= 11 is 1.76. The topological polar surface area (TPSA) is 88.8 Å².